The van der Waals surface area contributed by atoms with Gasteiger partial charge in [-0.3, -0.25) is 9.69 Å². The van der Waals surface area contributed by atoms with Crippen molar-refractivity contribution >= 4 is 5.97 Å². The molecule has 4 heteroatoms. The fourth-order valence-corrected chi connectivity index (χ4v) is 0.319. The zero-order valence-corrected chi connectivity index (χ0v) is 5.24. The number of carboxylic acids is 1. The Morgan fingerprint density at radius 3 is 2.44 bits per heavy atom. The van der Waals surface area contributed by atoms with Gasteiger partial charge in [-0.15, -0.1) is 0 Å². The average molecular weight is 132 g/mol. The Morgan fingerprint density at radius 2 is 2.33 bits per heavy atom. The lowest BCUT2D eigenvalue weighted by molar-refractivity contribution is -0.139. The zero-order chi connectivity index (χ0) is 7.44. The number of hydrogen-bond donors (Lipinski definition) is 2. The molecule has 0 saturated heterocycles. The highest BCUT2D eigenvalue weighted by Gasteiger charge is 2.07. The topological polar surface area (TPSA) is 60.8 Å². The summed E-state index contributed by atoms with van der Waals surface area (Å²) < 4.78 is 0. The minimum absolute atomic E-state index is 0.190. The van der Waals surface area contributed by atoms with Gasteiger partial charge in [0.1, 0.15) is 6.23 Å². The van der Waals surface area contributed by atoms with E-state index < -0.39 is 12.2 Å². The van der Waals surface area contributed by atoms with Crippen LogP contribution in [0.1, 0.15) is 0 Å². The highest BCUT2D eigenvalue weighted by atomic mass is 16.4. The smallest absolute Gasteiger partial charge is 0.317 e. The second-order valence-electron chi connectivity index (χ2n) is 1.79. The first kappa shape index (κ1) is 8.39. The van der Waals surface area contributed by atoms with E-state index in [1.165, 1.54) is 11.9 Å². The Balaban J connectivity index is 3.50. The van der Waals surface area contributed by atoms with Crippen LogP contribution in [0.15, 0.2) is 0 Å². The van der Waals surface area contributed by atoms with Gasteiger partial charge in [0.15, 0.2) is 0 Å². The average Bonchev–Trinajstić information content (AvgIpc) is 1.63. The predicted molar refractivity (Wildman–Crippen MR) is 31.6 cm³/mol. The van der Waals surface area contributed by atoms with Gasteiger partial charge in [0.05, 0.1) is 6.54 Å². The lowest BCUT2D eigenvalue weighted by Gasteiger charge is -2.16. The molecule has 1 radical (unpaired) electrons. The monoisotopic (exact) mass is 132 g/mol. The summed E-state index contributed by atoms with van der Waals surface area (Å²) in [6, 6.07) is 0. The van der Waals surface area contributed by atoms with Crippen molar-refractivity contribution in [3.63, 3.8) is 0 Å². The number of carboxylic acid groups (broad SMARTS) is 1. The van der Waals surface area contributed by atoms with Crippen molar-refractivity contribution in [3.8, 4) is 0 Å². The van der Waals surface area contributed by atoms with Crippen LogP contribution in [-0.2, 0) is 4.79 Å². The molecule has 0 heterocycles. The van der Waals surface area contributed by atoms with Crippen LogP contribution in [0.4, 0.5) is 0 Å². The minimum atomic E-state index is -0.972. The molecule has 9 heavy (non-hydrogen) atoms. The van der Waals surface area contributed by atoms with Gasteiger partial charge in [0.25, 0.3) is 0 Å². The minimum Gasteiger partial charge on any atom is -0.480 e. The summed E-state index contributed by atoms with van der Waals surface area (Å²) in [6.45, 7) is 3.02. The van der Waals surface area contributed by atoms with Crippen LogP contribution >= 0.6 is 0 Å². The molecular weight excluding hydrogens is 122 g/mol. The van der Waals surface area contributed by atoms with Crippen molar-refractivity contribution in [1.29, 1.82) is 0 Å². The molecule has 0 aliphatic carbocycles. The fraction of sp³-hybridized carbons (Fsp3) is 0.600. The number of aliphatic hydroxyl groups excluding tert-OH is 1. The fourth-order valence-electron chi connectivity index (χ4n) is 0.319. The second kappa shape index (κ2) is 3.42. The molecule has 0 amide bonds. The summed E-state index contributed by atoms with van der Waals surface area (Å²) in [6.07, 6.45) is -0.943. The zero-order valence-electron chi connectivity index (χ0n) is 5.24. The maximum absolute atomic E-state index is 9.93. The molecule has 4 nitrogen and oxygen atoms in total. The van der Waals surface area contributed by atoms with Gasteiger partial charge in [-0.1, -0.05) is 0 Å². The largest absolute Gasteiger partial charge is 0.480 e. The van der Waals surface area contributed by atoms with Crippen LogP contribution in [0, 0.1) is 6.92 Å². The number of aliphatic hydroxyl groups is 1. The van der Waals surface area contributed by atoms with E-state index in [9.17, 15) is 4.79 Å². The molecule has 0 aromatic carbocycles. The molecule has 0 saturated carbocycles. The Bertz CT molecular complexity index is 102. The molecule has 0 fully saturated rings. The maximum atomic E-state index is 9.93. The van der Waals surface area contributed by atoms with E-state index in [4.69, 9.17) is 10.2 Å². The molecule has 2 N–H and O–H groups in total. The summed E-state index contributed by atoms with van der Waals surface area (Å²) >= 11 is 0. The van der Waals surface area contributed by atoms with Gasteiger partial charge in [0.2, 0.25) is 0 Å². The van der Waals surface area contributed by atoms with Crippen molar-refractivity contribution in [2.45, 2.75) is 6.23 Å². The van der Waals surface area contributed by atoms with Crippen molar-refractivity contribution in [2.75, 3.05) is 13.6 Å². The van der Waals surface area contributed by atoms with E-state index in [0.717, 1.165) is 0 Å². The number of likely N-dealkylation sites (N-methyl/N-ethyl adjacent to an activating group) is 1. The Kier molecular flexibility index (Phi) is 3.19. The third-order valence-corrected chi connectivity index (χ3v) is 0.893. The van der Waals surface area contributed by atoms with E-state index in [1.54, 1.807) is 0 Å². The van der Waals surface area contributed by atoms with Crippen molar-refractivity contribution in [3.05, 3.63) is 6.92 Å². The van der Waals surface area contributed by atoms with Crippen molar-refractivity contribution in [1.82, 2.24) is 4.90 Å². The van der Waals surface area contributed by atoms with Crippen LogP contribution in [-0.4, -0.2) is 40.9 Å². The molecule has 1 atom stereocenters. The maximum Gasteiger partial charge on any atom is 0.317 e. The SMILES string of the molecule is [CH2]C(O)N(C)CC(=O)O. The number of rotatable bonds is 3. The summed E-state index contributed by atoms with van der Waals surface area (Å²) in [4.78, 5) is 11.1. The first-order valence-corrected chi connectivity index (χ1v) is 2.47. The molecule has 53 valence electrons. The van der Waals surface area contributed by atoms with Gasteiger partial charge < -0.3 is 10.2 Å². The van der Waals surface area contributed by atoms with Gasteiger partial charge >= 0.3 is 5.97 Å². The molecular formula is C5H10NO3. The quantitative estimate of drug-likeness (QED) is 0.491. The van der Waals surface area contributed by atoms with E-state index in [0.29, 0.717) is 0 Å². The highest BCUT2D eigenvalue weighted by molar-refractivity contribution is 5.69. The van der Waals surface area contributed by atoms with Gasteiger partial charge in [-0.05, 0) is 14.0 Å². The third kappa shape index (κ3) is 3.93. The van der Waals surface area contributed by atoms with Gasteiger partial charge in [0, 0.05) is 0 Å². The Labute approximate surface area is 53.7 Å². The Morgan fingerprint density at radius 1 is 1.89 bits per heavy atom. The standard InChI is InChI=1S/C5H10NO3/c1-4(7)6(2)3-5(8)9/h4,7H,1,3H2,2H3,(H,8,9). The molecule has 0 rings (SSSR count). The molecule has 0 aromatic heterocycles. The second-order valence-corrected chi connectivity index (χ2v) is 1.79. The molecule has 0 aliphatic heterocycles. The van der Waals surface area contributed by atoms with E-state index in [-0.39, 0.29) is 6.54 Å². The van der Waals surface area contributed by atoms with Crippen LogP contribution in [0.3, 0.4) is 0 Å². The van der Waals surface area contributed by atoms with Crippen LogP contribution in [0.2, 0.25) is 0 Å². The van der Waals surface area contributed by atoms with Crippen molar-refractivity contribution in [2.24, 2.45) is 0 Å². The summed E-state index contributed by atoms with van der Waals surface area (Å²) in [5.41, 5.74) is 0. The third-order valence-electron chi connectivity index (χ3n) is 0.893. The van der Waals surface area contributed by atoms with Gasteiger partial charge in [-0.2, -0.15) is 0 Å². The number of carbonyl (C=O) groups is 1. The lowest BCUT2D eigenvalue weighted by atomic mass is 10.5. The number of hydrogen-bond acceptors (Lipinski definition) is 3. The van der Waals surface area contributed by atoms with Gasteiger partial charge in [-0.25, -0.2) is 0 Å². The van der Waals surface area contributed by atoms with E-state index in [2.05, 4.69) is 6.92 Å². The molecule has 0 aromatic rings. The normalized spacial score (nSPS) is 13.8. The first-order valence-electron chi connectivity index (χ1n) is 2.47. The van der Waals surface area contributed by atoms with E-state index >= 15 is 0 Å². The summed E-state index contributed by atoms with van der Waals surface area (Å²) in [5, 5.41) is 16.8. The number of aliphatic carboxylic acids is 1. The molecule has 0 bridgehead atoms. The Hall–Kier alpha value is -0.610. The lowest BCUT2D eigenvalue weighted by Crippen LogP contribution is -2.33. The number of nitrogens with zero attached hydrogens (tertiary/aromatic N) is 1. The first-order chi connectivity index (χ1) is 4.04. The van der Waals surface area contributed by atoms with Crippen molar-refractivity contribution < 1.29 is 15.0 Å². The molecule has 1 unspecified atom stereocenters. The van der Waals surface area contributed by atoms with Crippen LogP contribution in [0.25, 0.3) is 0 Å². The van der Waals surface area contributed by atoms with Crippen LogP contribution < -0.4 is 0 Å². The predicted octanol–water partition coefficient (Wildman–Crippen LogP) is -0.845. The van der Waals surface area contributed by atoms with Crippen LogP contribution in [0.5, 0.6) is 0 Å². The summed E-state index contributed by atoms with van der Waals surface area (Å²) in [5.74, 6) is -0.972. The van der Waals surface area contributed by atoms with E-state index in [1.807, 2.05) is 0 Å². The summed E-state index contributed by atoms with van der Waals surface area (Å²) in [7, 11) is 1.48. The molecule has 0 spiro atoms. The highest BCUT2D eigenvalue weighted by Crippen LogP contribution is 1.87. The molecule has 0 aliphatic rings.